The molecular weight excluding hydrogens is 1220 g/mol. The van der Waals surface area contributed by atoms with E-state index in [2.05, 4.69) is 26.4 Å². The Hall–Kier alpha value is -6.74. The average Bonchev–Trinajstić information content (AvgIpc) is 1.12. The van der Waals surface area contributed by atoms with E-state index in [1.807, 2.05) is 94.3 Å². The lowest BCUT2D eigenvalue weighted by atomic mass is 9.91. The van der Waals surface area contributed by atoms with Crippen LogP contribution in [0.5, 0.6) is 0 Å². The smallest absolute Gasteiger partial charge is 0.329 e. The number of hydrogen-bond acceptors (Lipinski definition) is 16. The Kier molecular flexibility index (Phi) is 34.0. The summed E-state index contributed by atoms with van der Waals surface area (Å²) in [7, 11) is 11.8. The highest BCUT2D eigenvalue weighted by molar-refractivity contribution is 5.99. The van der Waals surface area contributed by atoms with Crippen molar-refractivity contribution < 1.29 is 67.7 Å². The highest BCUT2D eigenvalue weighted by Crippen LogP contribution is 2.25. The van der Waals surface area contributed by atoms with Gasteiger partial charge in [0.1, 0.15) is 54.4 Å². The van der Waals surface area contributed by atoms with Crippen LogP contribution in [-0.2, 0) is 71.1 Å². The van der Waals surface area contributed by atoms with Gasteiger partial charge in [-0.15, -0.1) is 0 Å². The molecule has 1 fully saturated rings. The number of amides is 10. The molecule has 95 heavy (non-hydrogen) atoms. The Morgan fingerprint density at radius 2 is 0.958 bits per heavy atom. The van der Waals surface area contributed by atoms with Crippen molar-refractivity contribution in [1.29, 1.82) is 0 Å². The van der Waals surface area contributed by atoms with Gasteiger partial charge in [-0.25, -0.2) is 4.79 Å². The first kappa shape index (κ1) is 84.3. The maximum atomic E-state index is 15.4. The first-order valence-corrected chi connectivity index (χ1v) is 33.9. The molecule has 1 aromatic heterocycles. The molecule has 1 aliphatic rings. The second kappa shape index (κ2) is 38.3. The Labute approximate surface area is 566 Å². The summed E-state index contributed by atoms with van der Waals surface area (Å²) in [6.07, 6.45) is -2.27. The number of nitrogens with zero attached hydrogens (tertiary/aromatic N) is 9. The van der Waals surface area contributed by atoms with E-state index < -0.39 is 162 Å². The summed E-state index contributed by atoms with van der Waals surface area (Å²) in [6, 6.07) is -10.5. The lowest BCUT2D eigenvalue weighted by Crippen LogP contribution is -2.64. The molecule has 6 N–H and O–H groups in total. The molecule has 27 heteroatoms. The van der Waals surface area contributed by atoms with E-state index in [1.165, 1.54) is 70.8 Å². The van der Waals surface area contributed by atoms with Crippen LogP contribution in [0.1, 0.15) is 162 Å². The third kappa shape index (κ3) is 24.7. The minimum absolute atomic E-state index is 0.0705. The second-order valence-corrected chi connectivity index (χ2v) is 29.4. The number of likely N-dealkylation sites (N-methyl/N-ethyl adjacent to an activating group) is 6. The predicted molar refractivity (Wildman–Crippen MR) is 362 cm³/mol. The van der Waals surface area contributed by atoms with Gasteiger partial charge < -0.3 is 70.5 Å². The van der Waals surface area contributed by atoms with Gasteiger partial charge in [0, 0.05) is 62.1 Å². The van der Waals surface area contributed by atoms with Crippen LogP contribution in [0.3, 0.4) is 0 Å². The van der Waals surface area contributed by atoms with Gasteiger partial charge in [0.2, 0.25) is 53.2 Å². The molecular formula is C68H121N13O14. The van der Waals surface area contributed by atoms with Gasteiger partial charge >= 0.3 is 5.97 Å². The van der Waals surface area contributed by atoms with Crippen molar-refractivity contribution in [2.45, 2.75) is 235 Å². The second-order valence-electron chi connectivity index (χ2n) is 29.4. The van der Waals surface area contributed by atoms with E-state index >= 15 is 14.4 Å². The lowest BCUT2D eigenvalue weighted by molar-refractivity contribution is -0.166. The van der Waals surface area contributed by atoms with Crippen molar-refractivity contribution in [1.82, 2.24) is 65.3 Å². The molecule has 0 saturated carbocycles. The molecule has 2 unspecified atom stereocenters. The number of nitrogens with one attached hydrogen (secondary N) is 4. The fourth-order valence-electron chi connectivity index (χ4n) is 11.8. The van der Waals surface area contributed by atoms with Gasteiger partial charge in [-0.3, -0.25) is 52.6 Å². The molecule has 1 aromatic rings. The predicted octanol–water partition coefficient (Wildman–Crippen LogP) is 2.64. The van der Waals surface area contributed by atoms with E-state index in [4.69, 9.17) is 4.74 Å². The monoisotopic (exact) mass is 1340 g/mol. The number of carbonyl (C=O) groups excluding carboxylic acids is 11. The van der Waals surface area contributed by atoms with Gasteiger partial charge in [0.05, 0.1) is 24.4 Å². The van der Waals surface area contributed by atoms with Gasteiger partial charge in [-0.2, -0.15) is 5.10 Å². The summed E-state index contributed by atoms with van der Waals surface area (Å²) in [6.45, 7) is 29.7. The van der Waals surface area contributed by atoms with Crippen LogP contribution >= 0.6 is 0 Å². The molecule has 13 atom stereocenters. The van der Waals surface area contributed by atoms with Crippen molar-refractivity contribution in [3.05, 3.63) is 18.0 Å². The maximum Gasteiger partial charge on any atom is 0.329 e. The van der Waals surface area contributed by atoms with Crippen LogP contribution in [0.15, 0.2) is 12.3 Å². The highest BCUT2D eigenvalue weighted by atomic mass is 16.6. The topological polar surface area (TPSA) is 326 Å². The normalized spacial score (nSPS) is 25.6. The van der Waals surface area contributed by atoms with Crippen molar-refractivity contribution in [2.24, 2.45) is 54.4 Å². The third-order valence-corrected chi connectivity index (χ3v) is 17.6. The van der Waals surface area contributed by atoms with E-state index in [9.17, 15) is 48.6 Å². The number of aliphatic hydroxyl groups is 2. The fraction of sp³-hybridized carbons (Fsp3) is 0.794. The molecule has 27 nitrogen and oxygen atoms in total. The number of aryl methyl sites for hydroxylation is 1. The van der Waals surface area contributed by atoms with Gasteiger partial charge in [-0.05, 0) is 119 Å². The third-order valence-electron chi connectivity index (χ3n) is 17.6. The number of hydrogen-bond donors (Lipinski definition) is 6. The molecule has 0 bridgehead atoms. The molecule has 0 aliphatic carbocycles. The van der Waals surface area contributed by atoms with Gasteiger partial charge in [0.25, 0.3) is 5.91 Å². The molecule has 0 radical (unpaired) electrons. The van der Waals surface area contributed by atoms with E-state index in [0.29, 0.717) is 19.5 Å². The zero-order valence-corrected chi connectivity index (χ0v) is 61.9. The first-order valence-electron chi connectivity index (χ1n) is 33.9. The molecule has 10 amide bonds. The molecule has 542 valence electrons. The summed E-state index contributed by atoms with van der Waals surface area (Å²) in [5.41, 5.74) is 0.915. The average molecular weight is 1340 g/mol. The van der Waals surface area contributed by atoms with Crippen LogP contribution in [0.25, 0.3) is 0 Å². The number of rotatable bonds is 20. The van der Waals surface area contributed by atoms with Gasteiger partial charge in [0.15, 0.2) is 6.10 Å². The first-order chi connectivity index (χ1) is 43.9. The SMILES string of the molecule is CC(C)C[C@@H]1NC(=O)[C@H](CC(C)C)N(C)C(=O)CN(C)C(=O)[C@@H](C(C)O)NC(=O)[C@H](C(O)[C@H](C)CCN(C)Cc2ccnn2C)N(C)C(=O)[C@@H](C(C)C)N(C)C(=O)[C@@H](CC(C)C)NC(=O)[C@@H](CC(C)C)N(C)C(=O)[C@H](C(C)C)OC(=O)[C@H](C)NC(=O)[C@@H](CC(C)C)N(C)C1=O. The number of aliphatic hydroxyl groups excluding tert-OH is 2. The van der Waals surface area contributed by atoms with Crippen LogP contribution in [0.4, 0.5) is 0 Å². The minimum atomic E-state index is -1.78. The number of ether oxygens (including phenoxy) is 1. The van der Waals surface area contributed by atoms with Crippen LogP contribution in [-0.4, -0.2) is 254 Å². The van der Waals surface area contributed by atoms with Crippen molar-refractivity contribution in [2.75, 3.05) is 62.4 Å². The van der Waals surface area contributed by atoms with E-state index in [1.54, 1.807) is 45.5 Å². The summed E-state index contributed by atoms with van der Waals surface area (Å²) in [4.78, 5) is 171. The summed E-state index contributed by atoms with van der Waals surface area (Å²) in [5.74, 6) is -11.7. The summed E-state index contributed by atoms with van der Waals surface area (Å²) >= 11 is 0. The summed E-state index contributed by atoms with van der Waals surface area (Å²) < 4.78 is 7.65. The Morgan fingerprint density at radius 1 is 0.526 bits per heavy atom. The molecule has 2 rings (SSSR count). The Bertz CT molecular complexity index is 2730. The molecule has 2 heterocycles. The molecule has 0 aromatic carbocycles. The highest BCUT2D eigenvalue weighted by Gasteiger charge is 2.46. The Morgan fingerprint density at radius 3 is 1.38 bits per heavy atom. The van der Waals surface area contributed by atoms with Crippen molar-refractivity contribution in [3.63, 3.8) is 0 Å². The number of cyclic esters (lactones) is 1. The quantitative estimate of drug-likeness (QED) is 0.102. The number of carbonyl (C=O) groups is 11. The maximum absolute atomic E-state index is 15.4. The van der Waals surface area contributed by atoms with Crippen molar-refractivity contribution in [3.8, 4) is 0 Å². The van der Waals surface area contributed by atoms with E-state index in [0.717, 1.165) is 20.4 Å². The van der Waals surface area contributed by atoms with Crippen LogP contribution in [0.2, 0.25) is 0 Å². The van der Waals surface area contributed by atoms with Gasteiger partial charge in [-0.1, -0.05) is 104 Å². The standard InChI is InChI=1S/C68H121N13O14/c1-37(2)30-48-63(89)77(21)51(33-40(7)8)59(85)70-45(16)68(94)95-58(43(13)14)67(93)78(22)52(34-41(9)10)61(87)72-49(31-38(3)4)64(90)79(23)55(42(11)12)66(92)80(24)56(57(84)44(15)27-29-74(18)35-47-26-28-69-81(47)25)62(88)73-54(46(17)82)65(91)75(19)36-53(83)76(20)50(32-39(5)6)60(86)71-48/h26,28,37-46,48-52,54-58,82,84H,27,29-36H2,1-25H3,(H,70,85)(H,71,86)(H,72,87)(H,73,88)/t44-,45+,46?,48+,49-,50+,51-,52-,54-,55-,56+,57?,58+/m1/s1. The van der Waals surface area contributed by atoms with E-state index in [-0.39, 0.29) is 61.7 Å². The Balaban J connectivity index is 3.04. The van der Waals surface area contributed by atoms with Crippen LogP contribution < -0.4 is 21.3 Å². The fourth-order valence-corrected chi connectivity index (χ4v) is 11.8. The van der Waals surface area contributed by atoms with Crippen LogP contribution in [0, 0.1) is 47.3 Å². The minimum Gasteiger partial charge on any atom is -0.450 e. The molecule has 0 spiro atoms. The zero-order chi connectivity index (χ0) is 73.1. The number of aromatic nitrogens is 2. The number of esters is 1. The molecule has 1 saturated heterocycles. The largest absolute Gasteiger partial charge is 0.450 e. The lowest BCUT2D eigenvalue weighted by Gasteiger charge is -2.40. The summed E-state index contributed by atoms with van der Waals surface area (Å²) in [5, 5.41) is 39.1. The molecule has 1 aliphatic heterocycles. The zero-order valence-electron chi connectivity index (χ0n) is 61.9. The van der Waals surface area contributed by atoms with Crippen molar-refractivity contribution >= 4 is 65.0 Å².